The van der Waals surface area contributed by atoms with Crippen LogP contribution < -0.4 is 5.32 Å². The van der Waals surface area contributed by atoms with E-state index in [1.807, 2.05) is 20.8 Å². The molecule has 1 rings (SSSR count). The first kappa shape index (κ1) is 17.1. The first-order chi connectivity index (χ1) is 9.75. The van der Waals surface area contributed by atoms with E-state index in [9.17, 15) is 14.9 Å². The molecular weight excluding hydrogens is 272 g/mol. The zero-order chi connectivity index (χ0) is 16.0. The van der Waals surface area contributed by atoms with E-state index >= 15 is 0 Å². The number of aliphatic hydroxyl groups is 1. The van der Waals surface area contributed by atoms with Crippen LogP contribution in [0.3, 0.4) is 0 Å². The summed E-state index contributed by atoms with van der Waals surface area (Å²) in [6, 6.07) is 6.03. The molecule has 1 aromatic rings. The van der Waals surface area contributed by atoms with Crippen LogP contribution in [0.2, 0.25) is 0 Å². The third-order valence-electron chi connectivity index (χ3n) is 3.34. The molecule has 0 aliphatic rings. The van der Waals surface area contributed by atoms with Crippen LogP contribution in [-0.4, -0.2) is 28.6 Å². The van der Waals surface area contributed by atoms with Crippen molar-refractivity contribution >= 4 is 11.6 Å². The Kier molecular flexibility index (Phi) is 5.84. The van der Waals surface area contributed by atoms with Gasteiger partial charge in [0.15, 0.2) is 0 Å². The first-order valence-electron chi connectivity index (χ1n) is 6.88. The molecule has 0 bridgehead atoms. The maximum Gasteiger partial charge on any atom is 0.273 e. The summed E-state index contributed by atoms with van der Waals surface area (Å²) >= 11 is 0. The fourth-order valence-electron chi connectivity index (χ4n) is 2.11. The summed E-state index contributed by atoms with van der Waals surface area (Å²) in [4.78, 5) is 22.5. The molecule has 1 atom stereocenters. The summed E-state index contributed by atoms with van der Waals surface area (Å²) in [5, 5.41) is 22.9. The second kappa shape index (κ2) is 7.17. The van der Waals surface area contributed by atoms with Crippen LogP contribution in [0.4, 0.5) is 5.69 Å². The first-order valence-corrected chi connectivity index (χ1v) is 6.88. The van der Waals surface area contributed by atoms with Crippen molar-refractivity contribution in [2.75, 3.05) is 6.61 Å². The number of aliphatic hydroxyl groups excluding tert-OH is 1. The molecule has 1 amide bonds. The predicted octanol–water partition coefficient (Wildman–Crippen LogP) is 2.05. The third-order valence-corrected chi connectivity index (χ3v) is 3.34. The number of nitro groups is 1. The van der Waals surface area contributed by atoms with Crippen LogP contribution in [0.5, 0.6) is 0 Å². The van der Waals surface area contributed by atoms with Gasteiger partial charge < -0.3 is 10.4 Å². The van der Waals surface area contributed by atoms with Crippen LogP contribution in [0.25, 0.3) is 0 Å². The Bertz CT molecular complexity index is 509. The molecule has 0 aliphatic heterocycles. The van der Waals surface area contributed by atoms with Gasteiger partial charge >= 0.3 is 0 Å². The Morgan fingerprint density at radius 3 is 2.52 bits per heavy atom. The van der Waals surface area contributed by atoms with Crippen molar-refractivity contribution in [3.05, 3.63) is 39.9 Å². The van der Waals surface area contributed by atoms with Gasteiger partial charge in [-0.3, -0.25) is 14.9 Å². The standard InChI is InChI=1S/C15H22N2O4/c1-15(2,3)13(8-9-18)16-14(19)10-11-6-4-5-7-12(11)17(20)21/h4-7,13,18H,8-10H2,1-3H3,(H,16,19). The molecular formula is C15H22N2O4. The lowest BCUT2D eigenvalue weighted by Crippen LogP contribution is -2.44. The Morgan fingerprint density at radius 2 is 2.00 bits per heavy atom. The SMILES string of the molecule is CC(C)(C)C(CCO)NC(=O)Cc1ccccc1[N+](=O)[O-]. The largest absolute Gasteiger partial charge is 0.396 e. The molecule has 0 heterocycles. The third kappa shape index (κ3) is 5.15. The van der Waals surface area contributed by atoms with Crippen molar-refractivity contribution < 1.29 is 14.8 Å². The zero-order valence-electron chi connectivity index (χ0n) is 12.6. The monoisotopic (exact) mass is 294 g/mol. The zero-order valence-corrected chi connectivity index (χ0v) is 12.6. The molecule has 2 N–H and O–H groups in total. The smallest absolute Gasteiger partial charge is 0.273 e. The highest BCUT2D eigenvalue weighted by Gasteiger charge is 2.26. The average Bonchev–Trinajstić information content (AvgIpc) is 2.37. The molecule has 0 saturated carbocycles. The van der Waals surface area contributed by atoms with Crippen LogP contribution in [0.1, 0.15) is 32.8 Å². The number of para-hydroxylation sites is 1. The van der Waals surface area contributed by atoms with Gasteiger partial charge in [-0.1, -0.05) is 39.0 Å². The molecule has 6 nitrogen and oxygen atoms in total. The van der Waals surface area contributed by atoms with Crippen LogP contribution >= 0.6 is 0 Å². The summed E-state index contributed by atoms with van der Waals surface area (Å²) < 4.78 is 0. The van der Waals surface area contributed by atoms with Gasteiger partial charge in [0.2, 0.25) is 5.91 Å². The number of nitrogens with one attached hydrogen (secondary N) is 1. The summed E-state index contributed by atoms with van der Waals surface area (Å²) in [7, 11) is 0. The van der Waals surface area contributed by atoms with Gasteiger partial charge in [0, 0.05) is 24.3 Å². The van der Waals surface area contributed by atoms with Gasteiger partial charge in [0.25, 0.3) is 5.69 Å². The Balaban J connectivity index is 2.80. The van der Waals surface area contributed by atoms with Crippen LogP contribution in [0, 0.1) is 15.5 Å². The van der Waals surface area contributed by atoms with Gasteiger partial charge in [0.05, 0.1) is 11.3 Å². The number of carbonyl (C=O) groups excluding carboxylic acids is 1. The highest BCUT2D eigenvalue weighted by Crippen LogP contribution is 2.22. The van der Waals surface area contributed by atoms with E-state index in [-0.39, 0.29) is 36.1 Å². The van der Waals surface area contributed by atoms with Gasteiger partial charge in [0.1, 0.15) is 0 Å². The summed E-state index contributed by atoms with van der Waals surface area (Å²) in [6.07, 6.45) is 0.404. The maximum atomic E-state index is 12.1. The van der Waals surface area contributed by atoms with Crippen molar-refractivity contribution in [2.24, 2.45) is 5.41 Å². The fourth-order valence-corrected chi connectivity index (χ4v) is 2.11. The van der Waals surface area contributed by atoms with E-state index < -0.39 is 4.92 Å². The van der Waals surface area contributed by atoms with Gasteiger partial charge in [-0.05, 0) is 11.8 Å². The molecule has 0 fully saturated rings. The van der Waals surface area contributed by atoms with Crippen molar-refractivity contribution in [3.63, 3.8) is 0 Å². The fraction of sp³-hybridized carbons (Fsp3) is 0.533. The summed E-state index contributed by atoms with van der Waals surface area (Å²) in [5.74, 6) is -0.280. The minimum Gasteiger partial charge on any atom is -0.396 e. The van der Waals surface area contributed by atoms with E-state index in [2.05, 4.69) is 5.32 Å². The molecule has 0 saturated heterocycles. The van der Waals surface area contributed by atoms with Crippen LogP contribution in [-0.2, 0) is 11.2 Å². The highest BCUT2D eigenvalue weighted by molar-refractivity contribution is 5.80. The summed E-state index contributed by atoms with van der Waals surface area (Å²) in [6.45, 7) is 5.89. The van der Waals surface area contributed by atoms with E-state index in [1.165, 1.54) is 6.07 Å². The van der Waals surface area contributed by atoms with Crippen LogP contribution in [0.15, 0.2) is 24.3 Å². The molecule has 0 spiro atoms. The quantitative estimate of drug-likeness (QED) is 0.620. The molecule has 21 heavy (non-hydrogen) atoms. The Morgan fingerprint density at radius 1 is 1.38 bits per heavy atom. The number of nitrogens with zero attached hydrogens (tertiary/aromatic N) is 1. The Labute approximate surface area is 124 Å². The second-order valence-electron chi connectivity index (χ2n) is 6.06. The van der Waals surface area contributed by atoms with E-state index in [0.717, 1.165) is 0 Å². The number of nitro benzene ring substituents is 1. The minimum atomic E-state index is -0.489. The van der Waals surface area contributed by atoms with E-state index in [0.29, 0.717) is 12.0 Å². The normalized spacial score (nSPS) is 12.8. The number of amides is 1. The van der Waals surface area contributed by atoms with Crippen molar-refractivity contribution in [1.82, 2.24) is 5.32 Å². The molecule has 6 heteroatoms. The number of hydrogen-bond acceptors (Lipinski definition) is 4. The highest BCUT2D eigenvalue weighted by atomic mass is 16.6. The van der Waals surface area contributed by atoms with E-state index in [4.69, 9.17) is 5.11 Å². The van der Waals surface area contributed by atoms with Crippen molar-refractivity contribution in [2.45, 2.75) is 39.7 Å². The Hall–Kier alpha value is -1.95. The molecule has 1 aromatic carbocycles. The lowest BCUT2D eigenvalue weighted by Gasteiger charge is -2.31. The lowest BCUT2D eigenvalue weighted by molar-refractivity contribution is -0.385. The predicted molar refractivity (Wildman–Crippen MR) is 79.9 cm³/mol. The van der Waals surface area contributed by atoms with E-state index in [1.54, 1.807) is 18.2 Å². The number of carbonyl (C=O) groups is 1. The van der Waals surface area contributed by atoms with Gasteiger partial charge in [-0.2, -0.15) is 0 Å². The molecule has 116 valence electrons. The molecule has 1 unspecified atom stereocenters. The number of hydrogen-bond donors (Lipinski definition) is 2. The van der Waals surface area contributed by atoms with Crippen molar-refractivity contribution in [3.8, 4) is 0 Å². The molecule has 0 aromatic heterocycles. The number of rotatable bonds is 6. The van der Waals surface area contributed by atoms with Gasteiger partial charge in [-0.25, -0.2) is 0 Å². The average molecular weight is 294 g/mol. The molecule has 0 radical (unpaired) electrons. The topological polar surface area (TPSA) is 92.5 Å². The maximum absolute atomic E-state index is 12.1. The van der Waals surface area contributed by atoms with Crippen molar-refractivity contribution in [1.29, 1.82) is 0 Å². The second-order valence-corrected chi connectivity index (χ2v) is 6.06. The summed E-state index contributed by atoms with van der Waals surface area (Å²) in [5.41, 5.74) is 0.139. The minimum absolute atomic E-state index is 0.0201. The van der Waals surface area contributed by atoms with Gasteiger partial charge in [-0.15, -0.1) is 0 Å². The lowest BCUT2D eigenvalue weighted by atomic mass is 9.85. The number of benzene rings is 1. The molecule has 0 aliphatic carbocycles.